The summed E-state index contributed by atoms with van der Waals surface area (Å²) >= 11 is 0. The van der Waals surface area contributed by atoms with E-state index in [1.807, 2.05) is 0 Å². The second kappa shape index (κ2) is 6.73. The highest BCUT2D eigenvalue weighted by atomic mass is 16.2. The van der Waals surface area contributed by atoms with E-state index in [0.717, 1.165) is 45.4 Å². The molecule has 1 saturated carbocycles. The maximum Gasteiger partial charge on any atom is 0.326 e. The predicted molar refractivity (Wildman–Crippen MR) is 92.0 cm³/mol. The number of amides is 3. The molecular formula is C18H28N4O2. The number of nitrogens with one attached hydrogen (secondary N) is 1. The first-order valence-corrected chi connectivity index (χ1v) is 9.01. The predicted octanol–water partition coefficient (Wildman–Crippen LogP) is 0.941. The maximum absolute atomic E-state index is 13.1. The zero-order valence-electron chi connectivity index (χ0n) is 14.8. The lowest BCUT2D eigenvalue weighted by molar-refractivity contribution is -0.138. The molecule has 2 unspecified atom stereocenters. The van der Waals surface area contributed by atoms with Gasteiger partial charge in [-0.25, -0.2) is 9.69 Å². The Kier molecular flexibility index (Phi) is 4.84. The number of imide groups is 1. The fourth-order valence-electron chi connectivity index (χ4n) is 4.50. The molecule has 24 heavy (non-hydrogen) atoms. The summed E-state index contributed by atoms with van der Waals surface area (Å²) in [6.07, 6.45) is 8.48. The van der Waals surface area contributed by atoms with Crippen molar-refractivity contribution in [2.45, 2.75) is 38.6 Å². The fraction of sp³-hybridized carbons (Fsp3) is 0.778. The summed E-state index contributed by atoms with van der Waals surface area (Å²) in [5.74, 6) is 3.02. The van der Waals surface area contributed by atoms with Crippen LogP contribution in [0.15, 0.2) is 0 Å². The van der Waals surface area contributed by atoms with Gasteiger partial charge in [0.25, 0.3) is 5.91 Å². The van der Waals surface area contributed by atoms with Crippen LogP contribution in [0, 0.1) is 24.2 Å². The first-order chi connectivity index (χ1) is 11.5. The summed E-state index contributed by atoms with van der Waals surface area (Å²) in [4.78, 5) is 31.5. The third-order valence-electron chi connectivity index (χ3n) is 6.11. The van der Waals surface area contributed by atoms with Crippen molar-refractivity contribution in [1.29, 1.82) is 0 Å². The summed E-state index contributed by atoms with van der Waals surface area (Å²) in [5, 5.41) is 3.06. The number of hydrogen-bond donors (Lipinski definition) is 1. The van der Waals surface area contributed by atoms with Crippen LogP contribution in [0.3, 0.4) is 0 Å². The van der Waals surface area contributed by atoms with Crippen LogP contribution in [-0.4, -0.2) is 71.6 Å². The molecule has 6 nitrogen and oxygen atoms in total. The summed E-state index contributed by atoms with van der Waals surface area (Å²) < 4.78 is 0. The van der Waals surface area contributed by atoms with Crippen LogP contribution in [0.1, 0.15) is 33.1 Å². The van der Waals surface area contributed by atoms with E-state index in [1.54, 1.807) is 0 Å². The first-order valence-electron chi connectivity index (χ1n) is 9.01. The van der Waals surface area contributed by atoms with E-state index in [4.69, 9.17) is 6.42 Å². The van der Waals surface area contributed by atoms with Crippen molar-refractivity contribution in [1.82, 2.24) is 20.0 Å². The van der Waals surface area contributed by atoms with E-state index in [9.17, 15) is 9.59 Å². The lowest BCUT2D eigenvalue weighted by Crippen LogP contribution is -2.59. The normalized spacial score (nSPS) is 35.3. The molecule has 3 rings (SSSR count). The van der Waals surface area contributed by atoms with E-state index in [-0.39, 0.29) is 23.8 Å². The number of hydrogen-bond acceptors (Lipinski definition) is 4. The number of terminal acetylenes is 1. The molecule has 0 aromatic heterocycles. The minimum absolute atomic E-state index is 0.0294. The summed E-state index contributed by atoms with van der Waals surface area (Å²) in [5.41, 5.74) is -0.694. The van der Waals surface area contributed by atoms with Crippen molar-refractivity contribution in [3.63, 3.8) is 0 Å². The van der Waals surface area contributed by atoms with Gasteiger partial charge in [-0.2, -0.15) is 0 Å². The van der Waals surface area contributed by atoms with Crippen LogP contribution in [0.4, 0.5) is 4.79 Å². The number of urea groups is 1. The van der Waals surface area contributed by atoms with Gasteiger partial charge in [0.15, 0.2) is 0 Å². The number of carbonyl (C=O) groups excluding carboxylic acids is 2. The summed E-state index contributed by atoms with van der Waals surface area (Å²) in [6.45, 7) is 8.65. The maximum atomic E-state index is 13.1. The van der Waals surface area contributed by atoms with Crippen LogP contribution in [0.25, 0.3) is 0 Å². The molecule has 3 amide bonds. The third kappa shape index (κ3) is 2.80. The smallest absolute Gasteiger partial charge is 0.323 e. The van der Waals surface area contributed by atoms with Crippen molar-refractivity contribution in [2.24, 2.45) is 11.8 Å². The topological polar surface area (TPSA) is 55.9 Å². The summed E-state index contributed by atoms with van der Waals surface area (Å²) in [7, 11) is 0. The average Bonchev–Trinajstić information content (AvgIpc) is 2.81. The van der Waals surface area contributed by atoms with E-state index in [2.05, 4.69) is 34.9 Å². The van der Waals surface area contributed by atoms with Crippen molar-refractivity contribution in [3.05, 3.63) is 0 Å². The Hall–Kier alpha value is -1.58. The van der Waals surface area contributed by atoms with Gasteiger partial charge in [0.05, 0.1) is 13.2 Å². The quantitative estimate of drug-likeness (QED) is 0.617. The Morgan fingerprint density at radius 2 is 1.71 bits per heavy atom. The SMILES string of the molecule is C#CCN1CCN(CN2C(=O)NC3(C2=O)C(C)CCCC3C)CC1. The minimum Gasteiger partial charge on any atom is -0.323 e. The molecule has 0 radical (unpaired) electrons. The number of nitrogens with zero attached hydrogens (tertiary/aromatic N) is 3. The molecule has 2 aliphatic heterocycles. The van der Waals surface area contributed by atoms with Crippen molar-refractivity contribution >= 4 is 11.9 Å². The fourth-order valence-corrected chi connectivity index (χ4v) is 4.50. The van der Waals surface area contributed by atoms with Gasteiger partial charge in [0.1, 0.15) is 5.54 Å². The Morgan fingerprint density at radius 1 is 1.12 bits per heavy atom. The highest BCUT2D eigenvalue weighted by Crippen LogP contribution is 2.42. The molecule has 1 spiro atoms. The number of rotatable bonds is 3. The largest absolute Gasteiger partial charge is 0.326 e. The van der Waals surface area contributed by atoms with Crippen LogP contribution >= 0.6 is 0 Å². The van der Waals surface area contributed by atoms with Crippen LogP contribution < -0.4 is 5.32 Å². The minimum atomic E-state index is -0.694. The second-order valence-corrected chi connectivity index (χ2v) is 7.51. The number of piperazine rings is 1. The third-order valence-corrected chi connectivity index (χ3v) is 6.11. The van der Waals surface area contributed by atoms with Crippen molar-refractivity contribution in [3.8, 4) is 12.3 Å². The molecule has 2 saturated heterocycles. The molecule has 0 aromatic carbocycles. The van der Waals surface area contributed by atoms with Gasteiger partial charge in [-0.3, -0.25) is 14.6 Å². The van der Waals surface area contributed by atoms with Crippen molar-refractivity contribution in [2.75, 3.05) is 39.4 Å². The Labute approximate surface area is 144 Å². The molecule has 0 aromatic rings. The van der Waals surface area contributed by atoms with Gasteiger partial charge in [-0.15, -0.1) is 6.42 Å². The molecule has 2 heterocycles. The van der Waals surface area contributed by atoms with Crippen LogP contribution in [0.2, 0.25) is 0 Å². The van der Waals surface area contributed by atoms with E-state index < -0.39 is 5.54 Å². The molecule has 3 aliphatic rings. The second-order valence-electron chi connectivity index (χ2n) is 7.51. The first kappa shape index (κ1) is 17.2. The highest BCUT2D eigenvalue weighted by molar-refractivity contribution is 6.07. The average molecular weight is 332 g/mol. The zero-order chi connectivity index (χ0) is 17.3. The highest BCUT2D eigenvalue weighted by Gasteiger charge is 2.58. The molecule has 132 valence electrons. The molecular weight excluding hydrogens is 304 g/mol. The molecule has 3 fully saturated rings. The van der Waals surface area contributed by atoms with E-state index in [1.165, 1.54) is 4.90 Å². The van der Waals surface area contributed by atoms with Gasteiger partial charge in [-0.1, -0.05) is 26.2 Å². The standard InChI is InChI=1S/C18H28N4O2/c1-4-8-20-9-11-21(12-10-20)13-22-16(23)18(19-17(22)24)14(2)6-5-7-15(18)3/h1,14-15H,5-13H2,2-3H3,(H,19,24). The summed E-state index contributed by atoms with van der Waals surface area (Å²) in [6, 6.07) is -0.230. The van der Waals surface area contributed by atoms with E-state index in [0.29, 0.717) is 13.2 Å². The van der Waals surface area contributed by atoms with Crippen LogP contribution in [-0.2, 0) is 4.79 Å². The van der Waals surface area contributed by atoms with E-state index >= 15 is 0 Å². The van der Waals surface area contributed by atoms with Crippen molar-refractivity contribution < 1.29 is 9.59 Å². The lowest BCUT2D eigenvalue weighted by Gasteiger charge is -2.42. The monoisotopic (exact) mass is 332 g/mol. The Balaban J connectivity index is 1.66. The van der Waals surface area contributed by atoms with Gasteiger partial charge < -0.3 is 5.32 Å². The molecule has 0 bridgehead atoms. The zero-order valence-corrected chi connectivity index (χ0v) is 14.8. The van der Waals surface area contributed by atoms with Gasteiger partial charge >= 0.3 is 6.03 Å². The molecule has 6 heteroatoms. The Bertz CT molecular complexity index is 538. The van der Waals surface area contributed by atoms with Gasteiger partial charge in [0.2, 0.25) is 0 Å². The molecule has 2 atom stereocenters. The Morgan fingerprint density at radius 3 is 2.29 bits per heavy atom. The lowest BCUT2D eigenvalue weighted by atomic mass is 9.67. The van der Waals surface area contributed by atoms with Crippen LogP contribution in [0.5, 0.6) is 0 Å². The molecule has 1 N–H and O–H groups in total. The van der Waals surface area contributed by atoms with Gasteiger partial charge in [-0.05, 0) is 24.7 Å². The molecule has 1 aliphatic carbocycles. The number of carbonyl (C=O) groups is 2. The van der Waals surface area contributed by atoms with Gasteiger partial charge in [0, 0.05) is 26.2 Å².